The van der Waals surface area contributed by atoms with Gasteiger partial charge < -0.3 is 19.3 Å². The van der Waals surface area contributed by atoms with Crippen LogP contribution < -0.4 is 5.32 Å². The standard InChI is InChI=1S/C29H29Br2NO6/c1-16(14-36-3)38-15-17(2)37-11-10-18-12-21(30)27(22(31)13-18)32-23-8-9-24(33)26-25(23)28(34)19-6-4-5-7-20(19)29(26)35/h4-9,12-13,16-17,32-33H,10-11,14-15H2,1-3H3/p+1. The molecule has 0 spiro atoms. The van der Waals surface area contributed by atoms with Crippen LogP contribution in [0.25, 0.3) is 0 Å². The van der Waals surface area contributed by atoms with E-state index in [1.165, 1.54) is 6.07 Å². The number of ketones is 2. The van der Waals surface area contributed by atoms with E-state index in [-0.39, 0.29) is 40.7 Å². The molecule has 3 aromatic rings. The molecular weight excluding hydrogens is 618 g/mol. The third-order valence-corrected chi connectivity index (χ3v) is 7.65. The number of halogens is 2. The predicted molar refractivity (Wildman–Crippen MR) is 151 cm³/mol. The van der Waals surface area contributed by atoms with Crippen LogP contribution in [0.1, 0.15) is 51.3 Å². The molecule has 0 saturated carbocycles. The molecule has 200 valence electrons. The Morgan fingerprint density at radius 1 is 0.868 bits per heavy atom. The van der Waals surface area contributed by atoms with Gasteiger partial charge in [-0.1, -0.05) is 24.3 Å². The second-order valence-corrected chi connectivity index (χ2v) is 11.0. The van der Waals surface area contributed by atoms with Crippen molar-refractivity contribution >= 4 is 54.8 Å². The van der Waals surface area contributed by atoms with Crippen LogP contribution in [0, 0.1) is 0 Å². The van der Waals surface area contributed by atoms with Gasteiger partial charge in [0.15, 0.2) is 11.5 Å². The number of hydrogen-bond acceptors (Lipinski definition) is 6. The van der Waals surface area contributed by atoms with E-state index in [9.17, 15) is 14.7 Å². The first-order valence-corrected chi connectivity index (χ1v) is 13.9. The highest BCUT2D eigenvalue weighted by atomic mass is 79.9. The van der Waals surface area contributed by atoms with Crippen LogP contribution in [-0.2, 0) is 20.6 Å². The third-order valence-electron chi connectivity index (χ3n) is 6.33. The van der Waals surface area contributed by atoms with E-state index in [1.807, 2.05) is 31.3 Å². The van der Waals surface area contributed by atoms with E-state index in [0.29, 0.717) is 43.1 Å². The summed E-state index contributed by atoms with van der Waals surface area (Å²) in [6.45, 7) is 5.51. The normalized spacial score (nSPS) is 14.2. The number of phenolic OH excluding ortho intramolecular Hbond substituents is 1. The SMILES string of the molecule is COCC(C)OCC(C)OCCc1cc(Br)c([NH2+]c2ccc(O)c3c2C(=O)c2ccccc2C3=O)c(Br)c1. The monoisotopic (exact) mass is 646 g/mol. The minimum absolute atomic E-state index is 0.0177. The Bertz CT molecular complexity index is 1340. The van der Waals surface area contributed by atoms with Crippen LogP contribution in [0.3, 0.4) is 0 Å². The first kappa shape index (κ1) is 28.6. The van der Waals surface area contributed by atoms with Crippen molar-refractivity contribution in [3.63, 3.8) is 0 Å². The maximum Gasteiger partial charge on any atom is 0.200 e. The minimum Gasteiger partial charge on any atom is -0.507 e. The molecule has 1 aliphatic carbocycles. The molecule has 2 unspecified atom stereocenters. The molecule has 0 fully saturated rings. The van der Waals surface area contributed by atoms with E-state index in [1.54, 1.807) is 37.4 Å². The highest BCUT2D eigenvalue weighted by Gasteiger charge is 2.35. The maximum absolute atomic E-state index is 13.4. The summed E-state index contributed by atoms with van der Waals surface area (Å²) in [4.78, 5) is 26.5. The van der Waals surface area contributed by atoms with E-state index in [0.717, 1.165) is 20.2 Å². The summed E-state index contributed by atoms with van der Waals surface area (Å²) >= 11 is 7.32. The summed E-state index contributed by atoms with van der Waals surface area (Å²) in [5.74, 6) is -0.844. The van der Waals surface area contributed by atoms with Gasteiger partial charge in [0, 0.05) is 24.3 Å². The summed E-state index contributed by atoms with van der Waals surface area (Å²) in [6, 6.07) is 13.8. The first-order chi connectivity index (χ1) is 18.2. The predicted octanol–water partition coefficient (Wildman–Crippen LogP) is 5.22. The number of fused-ring (bicyclic) bond motifs is 2. The lowest BCUT2D eigenvalue weighted by molar-refractivity contribution is -0.480. The number of quaternary nitrogens is 1. The lowest BCUT2D eigenvalue weighted by Crippen LogP contribution is -2.72. The van der Waals surface area contributed by atoms with Crippen molar-refractivity contribution in [3.8, 4) is 5.75 Å². The summed E-state index contributed by atoms with van der Waals surface area (Å²) in [6.07, 6.45) is 0.678. The number of phenols is 1. The average molecular weight is 648 g/mol. The molecule has 0 bridgehead atoms. The molecule has 2 atom stereocenters. The molecule has 7 nitrogen and oxygen atoms in total. The largest absolute Gasteiger partial charge is 0.507 e. The van der Waals surface area contributed by atoms with Gasteiger partial charge in [0.1, 0.15) is 11.4 Å². The molecule has 4 rings (SSSR count). The number of carbonyl (C=O) groups is 2. The molecule has 3 N–H and O–H groups in total. The number of aromatic hydroxyl groups is 1. The topological polar surface area (TPSA) is 98.7 Å². The Kier molecular flexibility index (Phi) is 9.51. The summed E-state index contributed by atoms with van der Waals surface area (Å²) < 4.78 is 18.3. The number of ether oxygens (including phenoxy) is 3. The van der Waals surface area contributed by atoms with Crippen LogP contribution in [0.5, 0.6) is 5.75 Å². The fourth-order valence-corrected chi connectivity index (χ4v) is 5.94. The van der Waals surface area contributed by atoms with E-state index >= 15 is 0 Å². The Morgan fingerprint density at radius 2 is 1.47 bits per heavy atom. The molecular formula is C29H30Br2NO6+. The van der Waals surface area contributed by atoms with Crippen molar-refractivity contribution < 1.29 is 34.2 Å². The van der Waals surface area contributed by atoms with E-state index in [4.69, 9.17) is 14.2 Å². The number of hydrogen-bond donors (Lipinski definition) is 2. The van der Waals surface area contributed by atoms with E-state index in [2.05, 4.69) is 31.9 Å². The fraction of sp³-hybridized carbons (Fsp3) is 0.310. The molecule has 0 aliphatic heterocycles. The molecule has 0 aromatic heterocycles. The van der Waals surface area contributed by atoms with Crippen LogP contribution in [0.15, 0.2) is 57.5 Å². The first-order valence-electron chi connectivity index (χ1n) is 12.3. The third kappa shape index (κ3) is 6.25. The second kappa shape index (κ2) is 12.6. The highest BCUT2D eigenvalue weighted by Crippen LogP contribution is 2.37. The molecule has 3 aromatic carbocycles. The fourth-order valence-electron chi connectivity index (χ4n) is 4.43. The minimum atomic E-state index is -0.357. The number of methoxy groups -OCH3 is 1. The van der Waals surface area contributed by atoms with Gasteiger partial charge in [0.05, 0.1) is 52.1 Å². The second-order valence-electron chi connectivity index (χ2n) is 9.28. The molecule has 0 saturated heterocycles. The van der Waals surface area contributed by atoms with Gasteiger partial charge in [-0.05, 0) is 75.9 Å². The number of carbonyl (C=O) groups excluding carboxylic acids is 2. The lowest BCUT2D eigenvalue weighted by atomic mass is 9.82. The lowest BCUT2D eigenvalue weighted by Gasteiger charge is -2.20. The summed E-state index contributed by atoms with van der Waals surface area (Å²) in [5, 5.41) is 12.3. The summed E-state index contributed by atoms with van der Waals surface area (Å²) in [5.41, 5.74) is 3.33. The van der Waals surface area contributed by atoms with Crippen LogP contribution in [-0.4, -0.2) is 55.8 Å². The summed E-state index contributed by atoms with van der Waals surface area (Å²) in [7, 11) is 1.65. The van der Waals surface area contributed by atoms with Gasteiger partial charge in [0.2, 0.25) is 5.78 Å². The molecule has 0 amide bonds. The van der Waals surface area contributed by atoms with Crippen molar-refractivity contribution in [2.24, 2.45) is 0 Å². The van der Waals surface area contributed by atoms with Crippen molar-refractivity contribution in [2.45, 2.75) is 32.5 Å². The molecule has 0 radical (unpaired) electrons. The molecule has 1 aliphatic rings. The molecule has 9 heteroatoms. The number of benzene rings is 3. The zero-order chi connectivity index (χ0) is 27.4. The van der Waals surface area contributed by atoms with Crippen molar-refractivity contribution in [1.29, 1.82) is 0 Å². The molecule has 0 heterocycles. The van der Waals surface area contributed by atoms with Gasteiger partial charge in [-0.25, -0.2) is 0 Å². The Balaban J connectivity index is 1.49. The van der Waals surface area contributed by atoms with Gasteiger partial charge in [-0.2, -0.15) is 0 Å². The smallest absolute Gasteiger partial charge is 0.200 e. The van der Waals surface area contributed by atoms with Crippen LogP contribution in [0.2, 0.25) is 0 Å². The highest BCUT2D eigenvalue weighted by molar-refractivity contribution is 9.11. The van der Waals surface area contributed by atoms with Crippen LogP contribution >= 0.6 is 31.9 Å². The van der Waals surface area contributed by atoms with Crippen molar-refractivity contribution in [1.82, 2.24) is 0 Å². The van der Waals surface area contributed by atoms with Gasteiger partial charge in [-0.15, -0.1) is 0 Å². The Labute approximate surface area is 238 Å². The van der Waals surface area contributed by atoms with Gasteiger partial charge in [0.25, 0.3) is 0 Å². The number of rotatable bonds is 11. The van der Waals surface area contributed by atoms with Gasteiger partial charge in [-0.3, -0.25) is 14.9 Å². The number of nitrogens with two attached hydrogens (primary N) is 1. The maximum atomic E-state index is 13.4. The molecule has 38 heavy (non-hydrogen) atoms. The Hall–Kier alpha value is -2.40. The average Bonchev–Trinajstić information content (AvgIpc) is 2.89. The van der Waals surface area contributed by atoms with Crippen molar-refractivity contribution in [3.05, 3.63) is 85.3 Å². The van der Waals surface area contributed by atoms with Crippen LogP contribution in [0.4, 0.5) is 11.4 Å². The Morgan fingerprint density at radius 3 is 2.11 bits per heavy atom. The zero-order valence-corrected chi connectivity index (χ0v) is 24.6. The zero-order valence-electron chi connectivity index (χ0n) is 21.4. The van der Waals surface area contributed by atoms with E-state index < -0.39 is 0 Å². The quantitative estimate of drug-likeness (QED) is 0.171. The van der Waals surface area contributed by atoms with Crippen molar-refractivity contribution in [2.75, 3.05) is 26.9 Å². The van der Waals surface area contributed by atoms with Gasteiger partial charge >= 0.3 is 0 Å².